The van der Waals surface area contributed by atoms with Gasteiger partial charge in [-0.3, -0.25) is 0 Å². The molecule has 0 saturated heterocycles. The van der Waals surface area contributed by atoms with Crippen LogP contribution < -0.4 is 4.74 Å². The summed E-state index contributed by atoms with van der Waals surface area (Å²) in [6.07, 6.45) is 6.49. The maximum Gasteiger partial charge on any atom is 0.119 e. The van der Waals surface area contributed by atoms with Crippen LogP contribution in [-0.2, 0) is 5.41 Å². The molecule has 0 aromatic heterocycles. The van der Waals surface area contributed by atoms with Gasteiger partial charge in [-0.1, -0.05) is 75.6 Å². The molecular weight excluding hydrogens is 318 g/mol. The van der Waals surface area contributed by atoms with Crippen LogP contribution in [-0.4, -0.2) is 31.1 Å². The van der Waals surface area contributed by atoms with Crippen LogP contribution in [0.25, 0.3) is 0 Å². The molecule has 2 heteroatoms. The van der Waals surface area contributed by atoms with Crippen LogP contribution in [0.5, 0.6) is 5.75 Å². The summed E-state index contributed by atoms with van der Waals surface area (Å²) in [6.45, 7) is 8.31. The van der Waals surface area contributed by atoms with E-state index in [0.717, 1.165) is 32.0 Å². The maximum atomic E-state index is 5.98. The first-order chi connectivity index (χ1) is 12.8. The monoisotopic (exact) mass is 351 g/mol. The Bertz CT molecular complexity index is 640. The molecule has 0 radical (unpaired) electrons. The molecule has 3 rings (SSSR count). The summed E-state index contributed by atoms with van der Waals surface area (Å²) in [5, 5.41) is 0. The molecule has 1 saturated carbocycles. The first kappa shape index (κ1) is 19.0. The van der Waals surface area contributed by atoms with Crippen molar-refractivity contribution >= 4 is 0 Å². The molecule has 0 amide bonds. The van der Waals surface area contributed by atoms with E-state index in [4.69, 9.17) is 4.74 Å². The normalized spacial score (nSPS) is 16.6. The molecule has 26 heavy (non-hydrogen) atoms. The molecule has 0 aliphatic heterocycles. The molecule has 0 spiro atoms. The minimum absolute atomic E-state index is 0.180. The molecule has 1 fully saturated rings. The molecule has 2 aromatic carbocycles. The van der Waals surface area contributed by atoms with Crippen LogP contribution in [0.2, 0.25) is 0 Å². The number of likely N-dealkylation sites (N-methyl/N-ethyl adjacent to an activating group) is 1. The van der Waals surface area contributed by atoms with Gasteiger partial charge in [-0.2, -0.15) is 0 Å². The second kappa shape index (κ2) is 9.23. The standard InChI is InChI=1S/C24H33NO/c1-3-25(4-2)19-20-26-23-15-13-22(14-16-23)24(17-9-6-10-18-24)21-11-7-5-8-12-21/h5,7-8,11-16H,3-4,6,9-10,17-20H2,1-2H3. The predicted molar refractivity (Wildman–Crippen MR) is 110 cm³/mol. The van der Waals surface area contributed by atoms with E-state index in [1.807, 2.05) is 0 Å². The van der Waals surface area contributed by atoms with Crippen molar-refractivity contribution in [1.29, 1.82) is 0 Å². The first-order valence-electron chi connectivity index (χ1n) is 10.3. The van der Waals surface area contributed by atoms with Gasteiger partial charge in [0, 0.05) is 12.0 Å². The minimum Gasteiger partial charge on any atom is -0.492 e. The van der Waals surface area contributed by atoms with Crippen molar-refractivity contribution in [3.05, 3.63) is 65.7 Å². The van der Waals surface area contributed by atoms with Crippen molar-refractivity contribution in [3.63, 3.8) is 0 Å². The maximum absolute atomic E-state index is 5.98. The topological polar surface area (TPSA) is 12.5 Å². The van der Waals surface area contributed by atoms with Gasteiger partial charge in [0.25, 0.3) is 0 Å². The van der Waals surface area contributed by atoms with Gasteiger partial charge < -0.3 is 9.64 Å². The highest BCUT2D eigenvalue weighted by molar-refractivity contribution is 5.42. The Labute approximate surface area is 159 Å². The van der Waals surface area contributed by atoms with Crippen molar-refractivity contribution in [2.24, 2.45) is 0 Å². The average Bonchev–Trinajstić information content (AvgIpc) is 2.73. The Balaban J connectivity index is 1.73. The van der Waals surface area contributed by atoms with Gasteiger partial charge in [0.1, 0.15) is 12.4 Å². The van der Waals surface area contributed by atoms with Gasteiger partial charge in [-0.05, 0) is 49.2 Å². The van der Waals surface area contributed by atoms with Crippen LogP contribution in [0.1, 0.15) is 57.1 Å². The van der Waals surface area contributed by atoms with E-state index >= 15 is 0 Å². The molecule has 0 atom stereocenters. The highest BCUT2D eigenvalue weighted by Gasteiger charge is 2.35. The van der Waals surface area contributed by atoms with Crippen LogP contribution in [0, 0.1) is 0 Å². The second-order valence-corrected chi connectivity index (χ2v) is 7.41. The van der Waals surface area contributed by atoms with Crippen LogP contribution in [0.4, 0.5) is 0 Å². The van der Waals surface area contributed by atoms with Crippen LogP contribution in [0.3, 0.4) is 0 Å². The molecule has 1 aliphatic rings. The number of rotatable bonds is 8. The Morgan fingerprint density at radius 1 is 0.808 bits per heavy atom. The lowest BCUT2D eigenvalue weighted by molar-refractivity contribution is 0.222. The molecule has 140 valence electrons. The lowest BCUT2D eigenvalue weighted by Gasteiger charge is -2.38. The fourth-order valence-electron chi connectivity index (χ4n) is 4.36. The van der Waals surface area contributed by atoms with E-state index in [1.165, 1.54) is 43.2 Å². The van der Waals surface area contributed by atoms with Crippen molar-refractivity contribution in [2.75, 3.05) is 26.2 Å². The Kier molecular flexibility index (Phi) is 6.73. The van der Waals surface area contributed by atoms with E-state index < -0.39 is 0 Å². The van der Waals surface area contributed by atoms with Crippen molar-refractivity contribution in [1.82, 2.24) is 4.90 Å². The number of hydrogen-bond acceptors (Lipinski definition) is 2. The van der Waals surface area contributed by atoms with Gasteiger partial charge in [-0.15, -0.1) is 0 Å². The van der Waals surface area contributed by atoms with E-state index in [1.54, 1.807) is 0 Å². The van der Waals surface area contributed by atoms with E-state index in [2.05, 4.69) is 73.3 Å². The fraction of sp³-hybridized carbons (Fsp3) is 0.500. The quantitative estimate of drug-likeness (QED) is 0.608. The van der Waals surface area contributed by atoms with Crippen molar-refractivity contribution in [3.8, 4) is 5.75 Å². The summed E-state index contributed by atoms with van der Waals surface area (Å²) >= 11 is 0. The highest BCUT2D eigenvalue weighted by Crippen LogP contribution is 2.45. The molecular formula is C24H33NO. The smallest absolute Gasteiger partial charge is 0.119 e. The molecule has 2 nitrogen and oxygen atoms in total. The number of benzene rings is 2. The van der Waals surface area contributed by atoms with Crippen molar-refractivity contribution < 1.29 is 4.74 Å². The summed E-state index contributed by atoms with van der Waals surface area (Å²) in [4.78, 5) is 2.39. The predicted octanol–water partition coefficient (Wildman–Crippen LogP) is 5.66. The zero-order valence-corrected chi connectivity index (χ0v) is 16.4. The third kappa shape index (κ3) is 4.29. The summed E-state index contributed by atoms with van der Waals surface area (Å²) in [5.41, 5.74) is 3.09. The number of hydrogen-bond donors (Lipinski definition) is 0. The Morgan fingerprint density at radius 3 is 2.04 bits per heavy atom. The average molecular weight is 352 g/mol. The Hall–Kier alpha value is -1.80. The summed E-state index contributed by atoms with van der Waals surface area (Å²) in [5.74, 6) is 0.986. The Morgan fingerprint density at radius 2 is 1.42 bits per heavy atom. The van der Waals surface area contributed by atoms with E-state index in [9.17, 15) is 0 Å². The number of nitrogens with zero attached hydrogens (tertiary/aromatic N) is 1. The summed E-state index contributed by atoms with van der Waals surface area (Å²) < 4.78 is 5.98. The zero-order valence-electron chi connectivity index (χ0n) is 16.4. The van der Waals surface area contributed by atoms with Gasteiger partial charge in [0.05, 0.1) is 0 Å². The molecule has 0 unspecified atom stereocenters. The lowest BCUT2D eigenvalue weighted by Crippen LogP contribution is -2.30. The summed E-state index contributed by atoms with van der Waals surface area (Å²) in [6, 6.07) is 20.0. The molecule has 1 aliphatic carbocycles. The van der Waals surface area contributed by atoms with Crippen molar-refractivity contribution in [2.45, 2.75) is 51.4 Å². The SMILES string of the molecule is CCN(CC)CCOc1ccc(C2(c3ccccc3)CCCCC2)cc1. The first-order valence-corrected chi connectivity index (χ1v) is 10.3. The molecule has 0 heterocycles. The van der Waals surface area contributed by atoms with E-state index in [0.29, 0.717) is 0 Å². The highest BCUT2D eigenvalue weighted by atomic mass is 16.5. The van der Waals surface area contributed by atoms with E-state index in [-0.39, 0.29) is 5.41 Å². The third-order valence-electron chi connectivity index (χ3n) is 6.01. The second-order valence-electron chi connectivity index (χ2n) is 7.41. The van der Waals surface area contributed by atoms with Gasteiger partial charge >= 0.3 is 0 Å². The lowest BCUT2D eigenvalue weighted by atomic mass is 9.65. The number of ether oxygens (including phenoxy) is 1. The third-order valence-corrected chi connectivity index (χ3v) is 6.01. The minimum atomic E-state index is 0.180. The van der Waals surface area contributed by atoms with Crippen LogP contribution in [0.15, 0.2) is 54.6 Å². The zero-order chi connectivity index (χ0) is 18.2. The fourth-order valence-corrected chi connectivity index (χ4v) is 4.36. The largest absolute Gasteiger partial charge is 0.492 e. The van der Waals surface area contributed by atoms with Gasteiger partial charge in [0.15, 0.2) is 0 Å². The molecule has 0 N–H and O–H groups in total. The van der Waals surface area contributed by atoms with Gasteiger partial charge in [-0.25, -0.2) is 0 Å². The molecule has 2 aromatic rings. The molecule has 0 bridgehead atoms. The van der Waals surface area contributed by atoms with Crippen LogP contribution >= 0.6 is 0 Å². The summed E-state index contributed by atoms with van der Waals surface area (Å²) in [7, 11) is 0. The van der Waals surface area contributed by atoms with Gasteiger partial charge in [0.2, 0.25) is 0 Å².